The third kappa shape index (κ3) is 2.88. The lowest BCUT2D eigenvalue weighted by atomic mass is 9.70. The minimum Gasteiger partial charge on any atom is -0.299 e. The van der Waals surface area contributed by atoms with Crippen molar-refractivity contribution in [2.45, 2.75) is 78.2 Å². The summed E-state index contributed by atoms with van der Waals surface area (Å²) in [5, 5.41) is 0. The molecule has 0 spiro atoms. The molecule has 0 aromatic rings. The normalized spacial score (nSPS) is 39.8. The molecule has 132 valence electrons. The molecule has 1 N–H and O–H groups in total. The van der Waals surface area contributed by atoms with E-state index >= 15 is 0 Å². The van der Waals surface area contributed by atoms with Gasteiger partial charge >= 0.3 is 0 Å². The van der Waals surface area contributed by atoms with Crippen LogP contribution in [-0.2, 0) is 14.8 Å². The molecule has 3 rings (SSSR count). The van der Waals surface area contributed by atoms with Crippen molar-refractivity contribution in [2.24, 2.45) is 22.7 Å². The van der Waals surface area contributed by atoms with Crippen molar-refractivity contribution in [3.8, 4) is 0 Å². The largest absolute Gasteiger partial charge is 0.299 e. The number of sulfonamides is 1. The molecule has 0 aromatic heterocycles. The van der Waals surface area contributed by atoms with Gasteiger partial charge in [-0.05, 0) is 42.9 Å². The van der Waals surface area contributed by atoms with Gasteiger partial charge < -0.3 is 0 Å². The third-order valence-corrected chi connectivity index (χ3v) is 8.85. The van der Waals surface area contributed by atoms with E-state index in [1.165, 1.54) is 6.42 Å². The molecule has 4 nitrogen and oxygen atoms in total. The van der Waals surface area contributed by atoms with Crippen molar-refractivity contribution in [3.63, 3.8) is 0 Å². The summed E-state index contributed by atoms with van der Waals surface area (Å²) in [6, 6.07) is 0.0620. The maximum atomic E-state index is 12.8. The molecule has 0 aliphatic heterocycles. The van der Waals surface area contributed by atoms with Crippen LogP contribution < -0.4 is 4.72 Å². The van der Waals surface area contributed by atoms with Gasteiger partial charge in [-0.3, -0.25) is 4.79 Å². The van der Waals surface area contributed by atoms with Gasteiger partial charge in [0.05, 0.1) is 5.75 Å². The number of fused-ring (bicyclic) bond motifs is 2. The van der Waals surface area contributed by atoms with E-state index in [9.17, 15) is 13.2 Å². The van der Waals surface area contributed by atoms with Crippen molar-refractivity contribution in [2.75, 3.05) is 5.75 Å². The number of hydrogen-bond donors (Lipinski definition) is 1. The van der Waals surface area contributed by atoms with E-state index in [1.807, 2.05) is 0 Å². The van der Waals surface area contributed by atoms with Crippen LogP contribution in [0, 0.1) is 22.7 Å². The summed E-state index contributed by atoms with van der Waals surface area (Å²) in [5.74, 6) is 1.17. The fourth-order valence-electron chi connectivity index (χ4n) is 5.50. The van der Waals surface area contributed by atoms with E-state index in [4.69, 9.17) is 0 Å². The van der Waals surface area contributed by atoms with Crippen LogP contribution in [0.1, 0.15) is 72.1 Å². The van der Waals surface area contributed by atoms with Gasteiger partial charge in [-0.15, -0.1) is 0 Å². The van der Waals surface area contributed by atoms with E-state index in [-0.39, 0.29) is 23.0 Å². The Bertz CT molecular complexity index is 583. The molecule has 3 aliphatic rings. The molecule has 5 heteroatoms. The summed E-state index contributed by atoms with van der Waals surface area (Å²) >= 11 is 0. The average molecular weight is 342 g/mol. The van der Waals surface area contributed by atoms with Gasteiger partial charge in [-0.1, -0.05) is 40.0 Å². The highest BCUT2D eigenvalue weighted by Gasteiger charge is 2.65. The van der Waals surface area contributed by atoms with Crippen molar-refractivity contribution in [3.05, 3.63) is 0 Å². The lowest BCUT2D eigenvalue weighted by Gasteiger charge is -2.37. The number of carbonyl (C=O) groups is 1. The Kier molecular flexibility index (Phi) is 4.41. The molecule has 0 saturated heterocycles. The van der Waals surface area contributed by atoms with E-state index in [0.717, 1.165) is 38.5 Å². The maximum Gasteiger partial charge on any atom is 0.212 e. The predicted octanol–water partition coefficient (Wildman–Crippen LogP) is 3.27. The summed E-state index contributed by atoms with van der Waals surface area (Å²) in [7, 11) is -3.41. The van der Waals surface area contributed by atoms with Gasteiger partial charge in [0, 0.05) is 17.9 Å². The molecule has 0 aromatic carbocycles. The Morgan fingerprint density at radius 3 is 2.52 bits per heavy atom. The van der Waals surface area contributed by atoms with Crippen LogP contribution in [0.3, 0.4) is 0 Å². The highest BCUT2D eigenvalue weighted by Crippen LogP contribution is 2.64. The van der Waals surface area contributed by atoms with Crippen molar-refractivity contribution in [1.29, 1.82) is 0 Å². The standard InChI is InChI=1S/C18H31NO3S/c1-4-13-6-5-7-15(10-13)19-23(21,22)12-18-9-8-14(11-16(18)20)17(18,2)3/h13-15,19H,4-12H2,1-3H3/t13-,14-,15+,18-/m0/s1. The molecule has 2 bridgehead atoms. The molecule has 0 heterocycles. The zero-order valence-corrected chi connectivity index (χ0v) is 15.5. The SMILES string of the molecule is CC[C@H]1CCC[C@@H](NS(=O)(=O)C[C@@]23CC[C@@H](CC2=O)C3(C)C)C1. The lowest BCUT2D eigenvalue weighted by Crippen LogP contribution is -2.48. The second-order valence-corrected chi connectivity index (χ2v) is 10.4. The summed E-state index contributed by atoms with van der Waals surface area (Å²) in [6.45, 7) is 6.37. The van der Waals surface area contributed by atoms with Gasteiger partial charge in [0.15, 0.2) is 0 Å². The molecule has 4 atom stereocenters. The minimum absolute atomic E-state index is 0.00434. The fraction of sp³-hybridized carbons (Fsp3) is 0.944. The highest BCUT2D eigenvalue weighted by atomic mass is 32.2. The van der Waals surface area contributed by atoms with Crippen molar-refractivity contribution in [1.82, 2.24) is 4.72 Å². The smallest absolute Gasteiger partial charge is 0.212 e. The van der Waals surface area contributed by atoms with E-state index < -0.39 is 15.4 Å². The van der Waals surface area contributed by atoms with Crippen LogP contribution in [0.2, 0.25) is 0 Å². The van der Waals surface area contributed by atoms with Crippen LogP contribution in [-0.4, -0.2) is 26.0 Å². The maximum absolute atomic E-state index is 12.8. The second-order valence-electron chi connectivity index (χ2n) is 8.68. The summed E-state index contributed by atoms with van der Waals surface area (Å²) in [4.78, 5) is 12.5. The zero-order valence-electron chi connectivity index (χ0n) is 14.7. The monoisotopic (exact) mass is 341 g/mol. The summed E-state index contributed by atoms with van der Waals surface area (Å²) in [5.41, 5.74) is -0.834. The Labute approximate surface area is 140 Å². The molecule has 3 fully saturated rings. The second kappa shape index (κ2) is 5.83. The molecule has 0 radical (unpaired) electrons. The fourth-order valence-corrected chi connectivity index (χ4v) is 7.63. The molecule has 3 saturated carbocycles. The number of carbonyl (C=O) groups excluding carboxylic acids is 1. The van der Waals surface area contributed by atoms with Crippen LogP contribution >= 0.6 is 0 Å². The molecular formula is C18H31NO3S. The van der Waals surface area contributed by atoms with Gasteiger partial charge in [-0.25, -0.2) is 13.1 Å². The van der Waals surface area contributed by atoms with Crippen molar-refractivity contribution >= 4 is 15.8 Å². The Hall–Kier alpha value is -0.420. The first-order chi connectivity index (χ1) is 10.7. The number of rotatable bonds is 5. The Morgan fingerprint density at radius 1 is 1.22 bits per heavy atom. The predicted molar refractivity (Wildman–Crippen MR) is 91.5 cm³/mol. The average Bonchev–Trinajstić information content (AvgIpc) is 2.80. The van der Waals surface area contributed by atoms with Gasteiger partial charge in [0.25, 0.3) is 0 Å². The van der Waals surface area contributed by atoms with Gasteiger partial charge in [0.2, 0.25) is 10.0 Å². The Morgan fingerprint density at radius 2 is 1.96 bits per heavy atom. The quantitative estimate of drug-likeness (QED) is 0.835. The first-order valence-corrected chi connectivity index (χ1v) is 10.9. The highest BCUT2D eigenvalue weighted by molar-refractivity contribution is 7.89. The van der Waals surface area contributed by atoms with Crippen molar-refractivity contribution < 1.29 is 13.2 Å². The van der Waals surface area contributed by atoms with Gasteiger partial charge in [0.1, 0.15) is 5.78 Å². The Balaban J connectivity index is 1.72. The molecular weight excluding hydrogens is 310 g/mol. The first kappa shape index (κ1) is 17.4. The van der Waals surface area contributed by atoms with E-state index in [1.54, 1.807) is 0 Å². The number of ketones is 1. The van der Waals surface area contributed by atoms with Crippen LogP contribution in [0.5, 0.6) is 0 Å². The van der Waals surface area contributed by atoms with E-state index in [2.05, 4.69) is 25.5 Å². The molecule has 3 aliphatic carbocycles. The van der Waals surface area contributed by atoms with Gasteiger partial charge in [-0.2, -0.15) is 0 Å². The lowest BCUT2D eigenvalue weighted by molar-refractivity contribution is -0.128. The number of Topliss-reactive ketones (excluding diaryl/α,β-unsaturated/α-hetero) is 1. The molecule has 23 heavy (non-hydrogen) atoms. The zero-order chi connectivity index (χ0) is 16.9. The van der Waals surface area contributed by atoms with Crippen LogP contribution in [0.4, 0.5) is 0 Å². The molecule has 0 unspecified atom stereocenters. The summed E-state index contributed by atoms with van der Waals surface area (Å²) in [6.07, 6.45) is 7.63. The first-order valence-electron chi connectivity index (χ1n) is 9.23. The number of hydrogen-bond acceptors (Lipinski definition) is 3. The third-order valence-electron chi connectivity index (χ3n) is 7.28. The van der Waals surface area contributed by atoms with Crippen LogP contribution in [0.25, 0.3) is 0 Å². The number of nitrogens with one attached hydrogen (secondary N) is 1. The van der Waals surface area contributed by atoms with E-state index in [0.29, 0.717) is 18.3 Å². The summed E-state index contributed by atoms with van der Waals surface area (Å²) < 4.78 is 28.5. The topological polar surface area (TPSA) is 63.2 Å². The minimum atomic E-state index is -3.41. The molecule has 0 amide bonds. The van der Waals surface area contributed by atoms with Crippen LogP contribution in [0.15, 0.2) is 0 Å².